The van der Waals surface area contributed by atoms with Gasteiger partial charge >= 0.3 is 5.97 Å². The predicted molar refractivity (Wildman–Crippen MR) is 153 cm³/mol. The number of amides is 1. The van der Waals surface area contributed by atoms with Gasteiger partial charge in [0, 0.05) is 12.0 Å². The molecule has 0 aromatic heterocycles. The van der Waals surface area contributed by atoms with Gasteiger partial charge in [0.1, 0.15) is 12.4 Å². The number of rotatable bonds is 11. The van der Waals surface area contributed by atoms with Crippen LogP contribution in [0.1, 0.15) is 59.8 Å². The van der Waals surface area contributed by atoms with Crippen molar-refractivity contribution in [3.63, 3.8) is 0 Å². The van der Waals surface area contributed by atoms with Gasteiger partial charge in [0.2, 0.25) is 0 Å². The summed E-state index contributed by atoms with van der Waals surface area (Å²) in [6, 6.07) is 26.4. The van der Waals surface area contributed by atoms with E-state index in [1.807, 2.05) is 30.3 Å². The molecule has 0 aliphatic heterocycles. The van der Waals surface area contributed by atoms with Crippen LogP contribution in [0.25, 0.3) is 15.6 Å². The number of carboxylic acids is 1. The number of nitrogens with zero attached hydrogens (tertiary/aromatic N) is 1. The Labute approximate surface area is 229 Å². The molecule has 198 valence electrons. The molecular formula is C33H32N2O4. The van der Waals surface area contributed by atoms with Crippen LogP contribution in [0.4, 0.5) is 5.69 Å². The van der Waals surface area contributed by atoms with Gasteiger partial charge in [-0.05, 0) is 64.4 Å². The van der Waals surface area contributed by atoms with Crippen LogP contribution < -0.4 is 10.1 Å². The van der Waals surface area contributed by atoms with Gasteiger partial charge in [-0.1, -0.05) is 80.6 Å². The first-order valence-electron chi connectivity index (χ1n) is 13.1. The van der Waals surface area contributed by atoms with E-state index in [-0.39, 0.29) is 31.4 Å². The fourth-order valence-corrected chi connectivity index (χ4v) is 4.72. The van der Waals surface area contributed by atoms with Gasteiger partial charge in [-0.15, -0.1) is 0 Å². The van der Waals surface area contributed by atoms with Gasteiger partial charge in [0.05, 0.1) is 12.6 Å². The van der Waals surface area contributed by atoms with Crippen molar-refractivity contribution in [1.82, 2.24) is 5.32 Å². The van der Waals surface area contributed by atoms with Crippen molar-refractivity contribution in [2.75, 3.05) is 0 Å². The molecule has 1 amide bonds. The van der Waals surface area contributed by atoms with Gasteiger partial charge < -0.3 is 15.2 Å². The van der Waals surface area contributed by atoms with Crippen LogP contribution in [-0.4, -0.2) is 17.0 Å². The van der Waals surface area contributed by atoms with Crippen molar-refractivity contribution >= 4 is 28.3 Å². The number of carboxylic acid groups (broad SMARTS) is 1. The summed E-state index contributed by atoms with van der Waals surface area (Å²) in [4.78, 5) is 28.5. The van der Waals surface area contributed by atoms with Crippen molar-refractivity contribution in [1.29, 1.82) is 0 Å². The normalized spacial score (nSPS) is 11.6. The first-order chi connectivity index (χ1) is 18.8. The summed E-state index contributed by atoms with van der Waals surface area (Å²) in [5, 5.41) is 14.7. The quantitative estimate of drug-likeness (QED) is 0.201. The zero-order chi connectivity index (χ0) is 27.8. The molecule has 0 aliphatic rings. The minimum atomic E-state index is -0.915. The summed E-state index contributed by atoms with van der Waals surface area (Å²) in [5.41, 5.74) is 3.44. The maximum Gasteiger partial charge on any atom is 0.303 e. The van der Waals surface area contributed by atoms with E-state index in [1.165, 1.54) is 0 Å². The Bertz CT molecular complexity index is 1510. The molecule has 2 N–H and O–H groups in total. The Morgan fingerprint density at radius 2 is 1.74 bits per heavy atom. The fourth-order valence-electron chi connectivity index (χ4n) is 4.72. The average molecular weight is 521 g/mol. The zero-order valence-corrected chi connectivity index (χ0v) is 22.2. The highest BCUT2D eigenvalue weighted by atomic mass is 16.5. The lowest BCUT2D eigenvalue weighted by Crippen LogP contribution is -2.30. The number of aliphatic carboxylic acids is 1. The van der Waals surface area contributed by atoms with Gasteiger partial charge in [0.15, 0.2) is 5.69 Å². The monoisotopic (exact) mass is 520 g/mol. The van der Waals surface area contributed by atoms with E-state index in [2.05, 4.69) is 48.3 Å². The lowest BCUT2D eigenvalue weighted by Gasteiger charge is -2.24. The first kappa shape index (κ1) is 27.4. The van der Waals surface area contributed by atoms with Crippen molar-refractivity contribution < 1.29 is 19.4 Å². The molecule has 0 aliphatic carbocycles. The van der Waals surface area contributed by atoms with Crippen LogP contribution in [0.15, 0.2) is 84.9 Å². The summed E-state index contributed by atoms with van der Waals surface area (Å²) < 4.78 is 5.89. The Hall–Kier alpha value is -4.63. The molecule has 0 radical (unpaired) electrons. The number of carbonyl (C=O) groups excluding carboxylic acids is 1. The molecule has 4 aromatic rings. The van der Waals surface area contributed by atoms with E-state index in [0.717, 1.165) is 28.3 Å². The number of aryl methyl sites for hydroxylation is 1. The van der Waals surface area contributed by atoms with Gasteiger partial charge in [-0.25, -0.2) is 4.85 Å². The second-order valence-electron chi connectivity index (χ2n) is 10.0. The highest BCUT2D eigenvalue weighted by Crippen LogP contribution is 2.29. The number of carbonyl (C=O) groups is 2. The summed E-state index contributed by atoms with van der Waals surface area (Å²) in [6.07, 6.45) is 0.929. The SMILES string of the molecule is [C-]#[N+]c1cccc(OCc2ccc(CCC(=O)O)c(C(=O)NC(CC(C)C)c3cccc4ccccc34)c2)c1. The van der Waals surface area contributed by atoms with Crippen LogP contribution in [0.3, 0.4) is 0 Å². The Balaban J connectivity index is 1.63. The molecule has 4 rings (SSSR count). The maximum absolute atomic E-state index is 13.8. The Morgan fingerprint density at radius 3 is 2.51 bits per heavy atom. The van der Waals surface area contributed by atoms with Crippen molar-refractivity contribution in [3.05, 3.63) is 119 Å². The summed E-state index contributed by atoms with van der Waals surface area (Å²) in [6.45, 7) is 11.7. The van der Waals surface area contributed by atoms with E-state index < -0.39 is 5.97 Å². The molecular weight excluding hydrogens is 488 g/mol. The predicted octanol–water partition coefficient (Wildman–Crippen LogP) is 7.50. The minimum Gasteiger partial charge on any atom is -0.490 e. The minimum absolute atomic E-state index is 0.0711. The van der Waals surface area contributed by atoms with Crippen LogP contribution in [0.5, 0.6) is 5.75 Å². The first-order valence-corrected chi connectivity index (χ1v) is 13.1. The Morgan fingerprint density at radius 1 is 0.974 bits per heavy atom. The third-order valence-corrected chi connectivity index (χ3v) is 6.59. The number of benzene rings is 4. The molecule has 0 fully saturated rings. The van der Waals surface area contributed by atoms with Gasteiger partial charge in [0.25, 0.3) is 5.91 Å². The molecule has 0 heterocycles. The summed E-state index contributed by atoms with van der Waals surface area (Å²) >= 11 is 0. The summed E-state index contributed by atoms with van der Waals surface area (Å²) in [7, 11) is 0. The summed E-state index contributed by atoms with van der Waals surface area (Å²) in [5.74, 6) is -0.253. The molecule has 0 bridgehead atoms. The van der Waals surface area contributed by atoms with Gasteiger partial charge in [-0.2, -0.15) is 0 Å². The van der Waals surface area contributed by atoms with Crippen molar-refractivity contribution in [2.24, 2.45) is 5.92 Å². The van der Waals surface area contributed by atoms with Gasteiger partial charge in [-0.3, -0.25) is 9.59 Å². The number of nitrogens with one attached hydrogen (secondary N) is 1. The van der Waals surface area contributed by atoms with E-state index in [4.69, 9.17) is 11.3 Å². The maximum atomic E-state index is 13.8. The number of hydrogen-bond acceptors (Lipinski definition) is 3. The fraction of sp³-hybridized carbons (Fsp3) is 0.242. The largest absolute Gasteiger partial charge is 0.490 e. The molecule has 1 atom stereocenters. The van der Waals surface area contributed by atoms with E-state index in [9.17, 15) is 14.7 Å². The van der Waals surface area contributed by atoms with Crippen molar-refractivity contribution in [3.8, 4) is 5.75 Å². The van der Waals surface area contributed by atoms with E-state index in [1.54, 1.807) is 30.3 Å². The number of fused-ring (bicyclic) bond motifs is 1. The van der Waals surface area contributed by atoms with Crippen LogP contribution in [0, 0.1) is 12.5 Å². The molecule has 1 unspecified atom stereocenters. The van der Waals surface area contributed by atoms with Crippen LogP contribution in [0.2, 0.25) is 0 Å². The number of ether oxygens (including phenoxy) is 1. The molecule has 0 saturated heterocycles. The lowest BCUT2D eigenvalue weighted by atomic mass is 9.92. The van der Waals surface area contributed by atoms with Crippen LogP contribution in [-0.2, 0) is 17.8 Å². The Kier molecular flexibility index (Phi) is 8.96. The van der Waals surface area contributed by atoms with E-state index in [0.29, 0.717) is 28.5 Å². The second kappa shape index (κ2) is 12.7. The molecule has 39 heavy (non-hydrogen) atoms. The number of hydrogen-bond donors (Lipinski definition) is 2. The third kappa shape index (κ3) is 7.24. The third-order valence-electron chi connectivity index (χ3n) is 6.59. The standard InChI is InChI=1S/C33H32N2O4/c1-22(2)18-31(29-13-6-9-24-8-4-5-12-28(24)29)35-33(38)30-19-23(14-15-25(30)16-17-32(36)37)21-39-27-11-7-10-26(20-27)34-3/h4-15,19-20,22,31H,16-18,21H2,1-2H3,(H,35,38)(H,36,37). The molecule has 0 spiro atoms. The average Bonchev–Trinajstić information content (AvgIpc) is 2.94. The zero-order valence-electron chi connectivity index (χ0n) is 22.2. The highest BCUT2D eigenvalue weighted by Gasteiger charge is 2.21. The second-order valence-corrected chi connectivity index (χ2v) is 10.0. The molecule has 4 aromatic carbocycles. The van der Waals surface area contributed by atoms with Crippen molar-refractivity contribution in [2.45, 2.75) is 45.8 Å². The molecule has 0 saturated carbocycles. The van der Waals surface area contributed by atoms with E-state index >= 15 is 0 Å². The lowest BCUT2D eigenvalue weighted by molar-refractivity contribution is -0.136. The molecule has 6 heteroatoms. The highest BCUT2D eigenvalue weighted by molar-refractivity contribution is 5.97. The smallest absolute Gasteiger partial charge is 0.303 e. The topological polar surface area (TPSA) is 80.0 Å². The molecule has 6 nitrogen and oxygen atoms in total. The van der Waals surface area contributed by atoms with Crippen LogP contribution >= 0.6 is 0 Å².